The summed E-state index contributed by atoms with van der Waals surface area (Å²) in [5, 5.41) is 3.43. The molecule has 0 aliphatic rings. The third kappa shape index (κ3) is 2.89. The minimum absolute atomic E-state index is 0.245. The van der Waals surface area contributed by atoms with E-state index in [1.165, 1.54) is 0 Å². The molecule has 0 unspecified atom stereocenters. The predicted octanol–water partition coefficient (Wildman–Crippen LogP) is 2.93. The molecule has 0 aliphatic heterocycles. The van der Waals surface area contributed by atoms with E-state index in [1.54, 1.807) is 36.0 Å². The van der Waals surface area contributed by atoms with E-state index < -0.39 is 0 Å². The lowest BCUT2D eigenvalue weighted by Gasteiger charge is -2.08. The van der Waals surface area contributed by atoms with E-state index >= 15 is 0 Å². The molecule has 112 valence electrons. The van der Waals surface area contributed by atoms with E-state index in [9.17, 15) is 4.79 Å². The number of halogens is 1. The van der Waals surface area contributed by atoms with Gasteiger partial charge in [0.2, 0.25) is 0 Å². The minimum atomic E-state index is -0.245. The number of hydrogen-bond acceptors (Lipinski definition) is 3. The number of nitrogens with zero attached hydrogens (tertiary/aromatic N) is 2. The van der Waals surface area contributed by atoms with Gasteiger partial charge in [0.25, 0.3) is 5.91 Å². The number of pyridine rings is 1. The van der Waals surface area contributed by atoms with Crippen LogP contribution < -0.4 is 10.1 Å². The number of hydrogen-bond donors (Lipinski definition) is 1. The van der Waals surface area contributed by atoms with E-state index in [1.807, 2.05) is 24.3 Å². The van der Waals surface area contributed by atoms with Gasteiger partial charge in [-0.1, -0.05) is 29.8 Å². The first-order chi connectivity index (χ1) is 10.7. The highest BCUT2D eigenvalue weighted by molar-refractivity contribution is 6.30. The van der Waals surface area contributed by atoms with Gasteiger partial charge in [0.15, 0.2) is 0 Å². The molecule has 0 saturated heterocycles. The van der Waals surface area contributed by atoms with Gasteiger partial charge in [-0.2, -0.15) is 0 Å². The van der Waals surface area contributed by atoms with Gasteiger partial charge in [-0.05, 0) is 18.2 Å². The summed E-state index contributed by atoms with van der Waals surface area (Å²) in [6.45, 7) is 0.372. The average Bonchev–Trinajstić information content (AvgIpc) is 2.96. The summed E-state index contributed by atoms with van der Waals surface area (Å²) >= 11 is 5.92. The van der Waals surface area contributed by atoms with E-state index in [2.05, 4.69) is 10.3 Å². The van der Waals surface area contributed by atoms with Gasteiger partial charge in [-0.15, -0.1) is 0 Å². The first-order valence-electron chi connectivity index (χ1n) is 6.72. The van der Waals surface area contributed by atoms with Crippen molar-refractivity contribution in [2.75, 3.05) is 7.11 Å². The summed E-state index contributed by atoms with van der Waals surface area (Å²) in [6.07, 6.45) is 3.36. The van der Waals surface area contributed by atoms with Crippen LogP contribution in [0.15, 0.2) is 48.8 Å². The summed E-state index contributed by atoms with van der Waals surface area (Å²) in [7, 11) is 1.60. The second-order valence-electron chi connectivity index (χ2n) is 4.73. The van der Waals surface area contributed by atoms with Crippen LogP contribution >= 0.6 is 11.6 Å². The van der Waals surface area contributed by atoms with Crippen LogP contribution in [0.25, 0.3) is 5.65 Å². The summed E-state index contributed by atoms with van der Waals surface area (Å²) < 4.78 is 6.98. The molecule has 2 aromatic heterocycles. The zero-order valence-corrected chi connectivity index (χ0v) is 12.7. The molecule has 5 nitrogen and oxygen atoms in total. The lowest BCUT2D eigenvalue weighted by atomic mass is 10.2. The molecule has 0 saturated carbocycles. The molecule has 1 aromatic carbocycles. The molecule has 0 spiro atoms. The van der Waals surface area contributed by atoms with Gasteiger partial charge >= 0.3 is 0 Å². The molecule has 1 N–H and O–H groups in total. The Balaban J connectivity index is 1.76. The Morgan fingerprint density at radius 1 is 1.27 bits per heavy atom. The lowest BCUT2D eigenvalue weighted by Crippen LogP contribution is -2.23. The molecule has 2 heterocycles. The Morgan fingerprint density at radius 2 is 2.09 bits per heavy atom. The first-order valence-corrected chi connectivity index (χ1v) is 7.09. The van der Waals surface area contributed by atoms with Crippen molar-refractivity contribution < 1.29 is 9.53 Å². The number of methoxy groups -OCH3 is 1. The minimum Gasteiger partial charge on any atom is -0.496 e. The average molecular weight is 316 g/mol. The Bertz CT molecular complexity index is 829. The predicted molar refractivity (Wildman–Crippen MR) is 84.4 cm³/mol. The number of imidazole rings is 1. The Hall–Kier alpha value is -2.53. The van der Waals surface area contributed by atoms with Crippen LogP contribution in [-0.4, -0.2) is 22.4 Å². The number of ether oxygens (including phenoxy) is 1. The number of rotatable bonds is 4. The highest BCUT2D eigenvalue weighted by Gasteiger charge is 2.11. The van der Waals surface area contributed by atoms with Gasteiger partial charge in [0, 0.05) is 24.5 Å². The zero-order valence-electron chi connectivity index (χ0n) is 11.9. The largest absolute Gasteiger partial charge is 0.496 e. The molecule has 0 bridgehead atoms. The number of carbonyl (C=O) groups is 1. The van der Waals surface area contributed by atoms with Gasteiger partial charge in [0.1, 0.15) is 17.1 Å². The number of fused-ring (bicyclic) bond motifs is 1. The van der Waals surface area contributed by atoms with Crippen LogP contribution in [0.2, 0.25) is 5.02 Å². The van der Waals surface area contributed by atoms with Crippen molar-refractivity contribution >= 4 is 23.2 Å². The zero-order chi connectivity index (χ0) is 15.5. The maximum Gasteiger partial charge on any atom is 0.271 e. The summed E-state index contributed by atoms with van der Waals surface area (Å²) in [5.41, 5.74) is 1.93. The van der Waals surface area contributed by atoms with Gasteiger partial charge < -0.3 is 14.5 Å². The molecule has 3 aromatic rings. The molecule has 0 radical (unpaired) electrons. The molecule has 0 aliphatic carbocycles. The van der Waals surface area contributed by atoms with Crippen molar-refractivity contribution in [3.05, 3.63) is 65.1 Å². The Kier molecular flexibility index (Phi) is 3.98. The van der Waals surface area contributed by atoms with Gasteiger partial charge in [0.05, 0.1) is 12.1 Å². The fourth-order valence-electron chi connectivity index (χ4n) is 2.19. The van der Waals surface area contributed by atoms with Crippen molar-refractivity contribution in [1.29, 1.82) is 0 Å². The van der Waals surface area contributed by atoms with Crippen molar-refractivity contribution in [2.45, 2.75) is 6.54 Å². The standard InChI is InChI=1S/C16H14ClN3O2/c1-22-14-5-3-2-4-11(14)8-18-16(21)13-10-20-9-12(17)6-7-15(20)19-13/h2-7,9-10H,8H2,1H3,(H,18,21). The van der Waals surface area contributed by atoms with Crippen LogP contribution in [0.4, 0.5) is 0 Å². The third-order valence-electron chi connectivity index (χ3n) is 3.28. The van der Waals surface area contributed by atoms with E-state index in [0.717, 1.165) is 11.3 Å². The topological polar surface area (TPSA) is 55.6 Å². The molecular weight excluding hydrogens is 302 g/mol. The number of carbonyl (C=O) groups excluding carboxylic acids is 1. The van der Waals surface area contributed by atoms with Crippen LogP contribution in [0.3, 0.4) is 0 Å². The fourth-order valence-corrected chi connectivity index (χ4v) is 2.36. The maximum absolute atomic E-state index is 12.2. The highest BCUT2D eigenvalue weighted by atomic mass is 35.5. The number of aromatic nitrogens is 2. The normalized spacial score (nSPS) is 10.6. The van der Waals surface area contributed by atoms with Crippen molar-refractivity contribution in [3.63, 3.8) is 0 Å². The van der Waals surface area contributed by atoms with Gasteiger partial charge in [-0.25, -0.2) is 4.98 Å². The van der Waals surface area contributed by atoms with E-state index in [0.29, 0.717) is 22.9 Å². The molecule has 0 atom stereocenters. The number of benzene rings is 1. The number of amides is 1. The van der Waals surface area contributed by atoms with Crippen LogP contribution in [0, 0.1) is 0 Å². The Morgan fingerprint density at radius 3 is 2.91 bits per heavy atom. The van der Waals surface area contributed by atoms with Crippen molar-refractivity contribution in [3.8, 4) is 5.75 Å². The molecular formula is C16H14ClN3O2. The summed E-state index contributed by atoms with van der Waals surface area (Å²) in [4.78, 5) is 16.5. The Labute approximate surface area is 132 Å². The van der Waals surface area contributed by atoms with E-state index in [-0.39, 0.29) is 5.91 Å². The van der Waals surface area contributed by atoms with Crippen molar-refractivity contribution in [1.82, 2.24) is 14.7 Å². The quantitative estimate of drug-likeness (QED) is 0.805. The third-order valence-corrected chi connectivity index (χ3v) is 3.50. The first kappa shape index (κ1) is 14.4. The summed E-state index contributed by atoms with van der Waals surface area (Å²) in [6, 6.07) is 11.0. The van der Waals surface area contributed by atoms with Crippen LogP contribution in [0.1, 0.15) is 16.1 Å². The molecule has 0 fully saturated rings. The monoisotopic (exact) mass is 315 g/mol. The lowest BCUT2D eigenvalue weighted by molar-refractivity contribution is 0.0946. The van der Waals surface area contributed by atoms with Crippen LogP contribution in [0.5, 0.6) is 5.75 Å². The fraction of sp³-hybridized carbons (Fsp3) is 0.125. The highest BCUT2D eigenvalue weighted by Crippen LogP contribution is 2.17. The maximum atomic E-state index is 12.2. The smallest absolute Gasteiger partial charge is 0.271 e. The number of para-hydroxylation sites is 1. The van der Waals surface area contributed by atoms with Gasteiger partial charge in [-0.3, -0.25) is 4.79 Å². The second-order valence-corrected chi connectivity index (χ2v) is 5.17. The van der Waals surface area contributed by atoms with Crippen molar-refractivity contribution in [2.24, 2.45) is 0 Å². The second kappa shape index (κ2) is 6.07. The van der Waals surface area contributed by atoms with Crippen LogP contribution in [-0.2, 0) is 6.54 Å². The molecule has 22 heavy (non-hydrogen) atoms. The van der Waals surface area contributed by atoms with E-state index in [4.69, 9.17) is 16.3 Å². The molecule has 6 heteroatoms. The molecule has 1 amide bonds. The summed E-state index contributed by atoms with van der Waals surface area (Å²) in [5.74, 6) is 0.496. The molecule has 3 rings (SSSR count). The number of nitrogens with one attached hydrogen (secondary N) is 1. The SMILES string of the molecule is COc1ccccc1CNC(=O)c1cn2cc(Cl)ccc2n1.